The molecule has 4 heteroatoms. The highest BCUT2D eigenvalue weighted by atomic mass is 16.5. The Morgan fingerprint density at radius 3 is 1.17 bits per heavy atom. The molecule has 0 aliphatic heterocycles. The number of esters is 1. The van der Waals surface area contributed by atoms with Crippen LogP contribution in [0.2, 0.25) is 0 Å². The molecule has 0 rings (SSSR count). The van der Waals surface area contributed by atoms with Crippen molar-refractivity contribution in [1.82, 2.24) is 0 Å². The third kappa shape index (κ3) is 43.8. The SMILES string of the molecule is CC/C=C\C/C=C\C/C=C\C/C=C\C/C=C\CCCCCCCC(=O)OC(C)CCCCCCCCCCCCCCCCCCCCCC(=O)O. The highest BCUT2D eigenvalue weighted by molar-refractivity contribution is 5.69. The van der Waals surface area contributed by atoms with E-state index in [1.165, 1.54) is 128 Å². The Hall–Kier alpha value is -2.36. The molecule has 52 heavy (non-hydrogen) atoms. The molecule has 1 unspecified atom stereocenters. The lowest BCUT2D eigenvalue weighted by Gasteiger charge is -2.13. The molecule has 0 aliphatic rings. The summed E-state index contributed by atoms with van der Waals surface area (Å²) in [5.41, 5.74) is 0. The molecule has 0 heterocycles. The summed E-state index contributed by atoms with van der Waals surface area (Å²) in [6.45, 7) is 4.22. The van der Waals surface area contributed by atoms with Crippen molar-refractivity contribution < 1.29 is 19.4 Å². The number of carbonyl (C=O) groups is 2. The highest BCUT2D eigenvalue weighted by Gasteiger charge is 2.09. The molecule has 1 atom stereocenters. The second kappa shape index (κ2) is 43.0. The molecule has 0 aromatic carbocycles. The van der Waals surface area contributed by atoms with Crippen molar-refractivity contribution in [3.05, 3.63) is 60.8 Å². The fraction of sp³-hybridized carbons (Fsp3) is 0.750. The van der Waals surface area contributed by atoms with Gasteiger partial charge in [0, 0.05) is 12.8 Å². The zero-order valence-corrected chi connectivity index (χ0v) is 34.4. The van der Waals surface area contributed by atoms with Crippen molar-refractivity contribution in [2.24, 2.45) is 0 Å². The van der Waals surface area contributed by atoms with Crippen LogP contribution in [0.3, 0.4) is 0 Å². The van der Waals surface area contributed by atoms with Gasteiger partial charge in [-0.05, 0) is 77.6 Å². The molecule has 0 fully saturated rings. The molecule has 0 amide bonds. The smallest absolute Gasteiger partial charge is 0.306 e. The normalized spacial score (nSPS) is 12.8. The molecule has 1 N–H and O–H groups in total. The van der Waals surface area contributed by atoms with Gasteiger partial charge in [-0.2, -0.15) is 0 Å². The van der Waals surface area contributed by atoms with Gasteiger partial charge in [-0.15, -0.1) is 0 Å². The second-order valence-electron chi connectivity index (χ2n) is 15.0. The summed E-state index contributed by atoms with van der Waals surface area (Å²) in [5.74, 6) is -0.671. The number of aliphatic carboxylic acids is 1. The van der Waals surface area contributed by atoms with E-state index in [1.807, 2.05) is 0 Å². The van der Waals surface area contributed by atoms with E-state index < -0.39 is 5.97 Å². The molecule has 0 aliphatic carbocycles. The minimum Gasteiger partial charge on any atom is -0.481 e. The Kier molecular flexibility index (Phi) is 41.1. The first-order valence-corrected chi connectivity index (χ1v) is 22.2. The van der Waals surface area contributed by atoms with Crippen LogP contribution in [0.5, 0.6) is 0 Å². The fourth-order valence-electron chi connectivity index (χ4n) is 6.49. The number of hydrogen-bond acceptors (Lipinski definition) is 3. The maximum absolute atomic E-state index is 12.2. The van der Waals surface area contributed by atoms with Gasteiger partial charge < -0.3 is 9.84 Å². The predicted octanol–water partition coefficient (Wildman–Crippen LogP) is 15.7. The summed E-state index contributed by atoms with van der Waals surface area (Å²) in [6.07, 6.45) is 61.1. The number of hydrogen-bond donors (Lipinski definition) is 1. The zero-order chi connectivity index (χ0) is 37.8. The molecule has 4 nitrogen and oxygen atoms in total. The highest BCUT2D eigenvalue weighted by Crippen LogP contribution is 2.16. The van der Waals surface area contributed by atoms with Crippen molar-refractivity contribution >= 4 is 11.9 Å². The lowest BCUT2D eigenvalue weighted by atomic mass is 10.0. The number of rotatable bonds is 40. The minimum atomic E-state index is -0.661. The molecule has 0 saturated heterocycles. The largest absolute Gasteiger partial charge is 0.481 e. The standard InChI is InChI=1S/C48H84O4/c1-3-4-5-6-7-8-9-10-11-12-13-14-18-21-24-27-30-33-36-39-42-45-48(51)52-46(2)43-40-37-34-31-28-25-22-19-16-15-17-20-23-26-29-32-35-38-41-44-47(49)50/h4-5,7-8,10-11,13-14,21,24,46H,3,6,9,12,15-20,22-23,25-45H2,1-2H3,(H,49,50)/b5-4-,8-7-,11-10-,14-13-,24-21-. The lowest BCUT2D eigenvalue weighted by Crippen LogP contribution is -2.14. The number of carbonyl (C=O) groups excluding carboxylic acids is 1. The summed E-state index contributed by atoms with van der Waals surface area (Å²) < 4.78 is 5.66. The Labute approximate surface area is 323 Å². The molecular formula is C48H84O4. The van der Waals surface area contributed by atoms with Gasteiger partial charge in [0.1, 0.15) is 0 Å². The van der Waals surface area contributed by atoms with Crippen LogP contribution in [0.15, 0.2) is 60.8 Å². The van der Waals surface area contributed by atoms with Gasteiger partial charge in [0.05, 0.1) is 6.10 Å². The van der Waals surface area contributed by atoms with Crippen molar-refractivity contribution in [3.63, 3.8) is 0 Å². The molecule has 0 radical (unpaired) electrons. The number of ether oxygens (including phenoxy) is 1. The van der Waals surface area contributed by atoms with E-state index >= 15 is 0 Å². The maximum Gasteiger partial charge on any atom is 0.306 e. The van der Waals surface area contributed by atoms with E-state index in [4.69, 9.17) is 9.84 Å². The second-order valence-corrected chi connectivity index (χ2v) is 15.0. The van der Waals surface area contributed by atoms with Gasteiger partial charge in [0.15, 0.2) is 0 Å². The topological polar surface area (TPSA) is 63.6 Å². The van der Waals surface area contributed by atoms with Crippen LogP contribution in [0.25, 0.3) is 0 Å². The first-order valence-electron chi connectivity index (χ1n) is 22.2. The third-order valence-electron chi connectivity index (χ3n) is 9.74. The Morgan fingerprint density at radius 1 is 0.442 bits per heavy atom. The van der Waals surface area contributed by atoms with Crippen LogP contribution in [-0.4, -0.2) is 23.1 Å². The Morgan fingerprint density at radius 2 is 0.769 bits per heavy atom. The lowest BCUT2D eigenvalue weighted by molar-refractivity contribution is -0.148. The molecular weight excluding hydrogens is 641 g/mol. The predicted molar refractivity (Wildman–Crippen MR) is 227 cm³/mol. The summed E-state index contributed by atoms with van der Waals surface area (Å²) in [5, 5.41) is 8.66. The monoisotopic (exact) mass is 725 g/mol. The molecule has 300 valence electrons. The molecule has 0 aromatic heterocycles. The average molecular weight is 725 g/mol. The first kappa shape index (κ1) is 49.6. The van der Waals surface area contributed by atoms with Gasteiger partial charge in [0.25, 0.3) is 0 Å². The van der Waals surface area contributed by atoms with Crippen LogP contribution in [0, 0.1) is 0 Å². The number of carboxylic acid groups (broad SMARTS) is 1. The zero-order valence-electron chi connectivity index (χ0n) is 34.4. The van der Waals surface area contributed by atoms with Crippen LogP contribution in [0.4, 0.5) is 0 Å². The van der Waals surface area contributed by atoms with Crippen molar-refractivity contribution in [1.29, 1.82) is 0 Å². The first-order chi connectivity index (χ1) is 25.6. The Balaban J connectivity index is 3.38. The van der Waals surface area contributed by atoms with E-state index in [1.54, 1.807) is 0 Å². The van der Waals surface area contributed by atoms with Crippen LogP contribution in [-0.2, 0) is 14.3 Å². The molecule has 0 bridgehead atoms. The van der Waals surface area contributed by atoms with Gasteiger partial charge in [-0.25, -0.2) is 0 Å². The van der Waals surface area contributed by atoms with Gasteiger partial charge in [-0.3, -0.25) is 9.59 Å². The Bertz CT molecular complexity index is 911. The van der Waals surface area contributed by atoms with Gasteiger partial charge >= 0.3 is 11.9 Å². The van der Waals surface area contributed by atoms with Crippen molar-refractivity contribution in [3.8, 4) is 0 Å². The van der Waals surface area contributed by atoms with E-state index in [0.717, 1.165) is 70.6 Å². The van der Waals surface area contributed by atoms with E-state index in [9.17, 15) is 9.59 Å². The minimum absolute atomic E-state index is 0.00965. The van der Waals surface area contributed by atoms with Gasteiger partial charge in [-0.1, -0.05) is 196 Å². The summed E-state index contributed by atoms with van der Waals surface area (Å²) in [7, 11) is 0. The summed E-state index contributed by atoms with van der Waals surface area (Å²) >= 11 is 0. The summed E-state index contributed by atoms with van der Waals surface area (Å²) in [4.78, 5) is 22.7. The van der Waals surface area contributed by atoms with Crippen LogP contribution >= 0.6 is 0 Å². The molecule has 0 spiro atoms. The van der Waals surface area contributed by atoms with E-state index in [0.29, 0.717) is 12.8 Å². The number of unbranched alkanes of at least 4 members (excludes halogenated alkanes) is 23. The van der Waals surface area contributed by atoms with Crippen LogP contribution in [0.1, 0.15) is 226 Å². The van der Waals surface area contributed by atoms with Crippen molar-refractivity contribution in [2.75, 3.05) is 0 Å². The fourth-order valence-corrected chi connectivity index (χ4v) is 6.49. The maximum atomic E-state index is 12.2. The average Bonchev–Trinajstić information content (AvgIpc) is 3.12. The number of carboxylic acids is 1. The van der Waals surface area contributed by atoms with Gasteiger partial charge in [0.2, 0.25) is 0 Å². The number of allylic oxidation sites excluding steroid dienone is 10. The summed E-state index contributed by atoms with van der Waals surface area (Å²) in [6, 6.07) is 0. The quantitative estimate of drug-likeness (QED) is 0.0388. The third-order valence-corrected chi connectivity index (χ3v) is 9.74. The van der Waals surface area contributed by atoms with E-state index in [-0.39, 0.29) is 12.1 Å². The molecule has 0 saturated carbocycles. The van der Waals surface area contributed by atoms with Crippen LogP contribution < -0.4 is 0 Å². The van der Waals surface area contributed by atoms with E-state index in [2.05, 4.69) is 74.6 Å². The molecule has 0 aromatic rings. The van der Waals surface area contributed by atoms with Crippen molar-refractivity contribution in [2.45, 2.75) is 232 Å².